The second kappa shape index (κ2) is 4.03. The first-order valence-corrected chi connectivity index (χ1v) is 4.54. The molecule has 1 nitrogen and oxygen atoms in total. The molecule has 0 aromatic carbocycles. The quantitative estimate of drug-likeness (QED) is 0.709. The summed E-state index contributed by atoms with van der Waals surface area (Å²) in [6, 6.07) is 0. The van der Waals surface area contributed by atoms with Gasteiger partial charge in [0.1, 0.15) is 0 Å². The fraction of sp³-hybridized carbons (Fsp3) is 0.375. The topological polar surface area (TPSA) is 12.9 Å². The van der Waals surface area contributed by atoms with Crippen molar-refractivity contribution in [1.82, 2.24) is 4.98 Å². The molecule has 1 aromatic heterocycles. The molecule has 7 heteroatoms. The first-order valence-electron chi connectivity index (χ1n) is 3.75. The molecule has 0 aliphatic carbocycles. The van der Waals surface area contributed by atoms with E-state index in [0.29, 0.717) is 0 Å². The zero-order chi connectivity index (χ0) is 11.8. The number of aryl methyl sites for hydroxylation is 1. The van der Waals surface area contributed by atoms with Crippen LogP contribution in [0.4, 0.5) is 22.0 Å². The number of hydrogen-bond donors (Lipinski definition) is 0. The Bertz CT molecular complexity index is 374. The van der Waals surface area contributed by atoms with Gasteiger partial charge in [-0.2, -0.15) is 13.2 Å². The molecule has 0 radical (unpaired) electrons. The lowest BCUT2D eigenvalue weighted by Gasteiger charge is -2.15. The minimum atomic E-state index is -4.82. The van der Waals surface area contributed by atoms with E-state index < -0.39 is 28.2 Å². The van der Waals surface area contributed by atoms with E-state index in [1.165, 1.54) is 0 Å². The third kappa shape index (κ3) is 2.45. The van der Waals surface area contributed by atoms with E-state index in [9.17, 15) is 22.0 Å². The lowest BCUT2D eigenvalue weighted by atomic mass is 10.1. The molecule has 0 unspecified atom stereocenters. The summed E-state index contributed by atoms with van der Waals surface area (Å²) in [5.74, 6) is 0. The van der Waals surface area contributed by atoms with Gasteiger partial charge in [-0.25, -0.2) is 8.78 Å². The zero-order valence-corrected chi connectivity index (χ0v) is 8.96. The molecule has 0 saturated heterocycles. The maximum Gasteiger partial charge on any atom is 0.418 e. The van der Waals surface area contributed by atoms with E-state index in [0.717, 1.165) is 13.1 Å². The van der Waals surface area contributed by atoms with Crippen LogP contribution in [-0.4, -0.2) is 4.98 Å². The summed E-state index contributed by atoms with van der Waals surface area (Å²) >= 11 is 2.57. The number of hydrogen-bond acceptors (Lipinski definition) is 1. The van der Waals surface area contributed by atoms with Crippen LogP contribution in [0.3, 0.4) is 0 Å². The zero-order valence-electron chi connectivity index (χ0n) is 7.37. The standard InChI is InChI=1S/C8H5BrF5N/c1-3-5(7(10)11)6(8(12,13)14)4(9)2-15-3/h2,7H,1H3. The van der Waals surface area contributed by atoms with Crippen LogP contribution >= 0.6 is 15.9 Å². The molecule has 0 spiro atoms. The van der Waals surface area contributed by atoms with Gasteiger partial charge in [0.15, 0.2) is 0 Å². The number of alkyl halides is 5. The van der Waals surface area contributed by atoms with Gasteiger partial charge >= 0.3 is 6.18 Å². The summed E-state index contributed by atoms with van der Waals surface area (Å²) in [7, 11) is 0. The average molecular weight is 290 g/mol. The number of halogens is 6. The summed E-state index contributed by atoms with van der Waals surface area (Å²) in [6.45, 7) is 1.11. The van der Waals surface area contributed by atoms with Crippen molar-refractivity contribution in [2.45, 2.75) is 19.5 Å². The van der Waals surface area contributed by atoms with Crippen LogP contribution in [0.15, 0.2) is 10.7 Å². The smallest absolute Gasteiger partial charge is 0.260 e. The monoisotopic (exact) mass is 289 g/mol. The van der Waals surface area contributed by atoms with E-state index in [2.05, 4.69) is 20.9 Å². The molecule has 0 fully saturated rings. The Morgan fingerprint density at radius 1 is 1.33 bits per heavy atom. The number of pyridine rings is 1. The first-order chi connectivity index (χ1) is 6.75. The summed E-state index contributed by atoms with van der Waals surface area (Å²) in [4.78, 5) is 3.45. The molecule has 0 saturated carbocycles. The van der Waals surface area contributed by atoms with E-state index in [1.807, 2.05) is 0 Å². The van der Waals surface area contributed by atoms with Crippen molar-refractivity contribution >= 4 is 15.9 Å². The first kappa shape index (κ1) is 12.4. The fourth-order valence-corrected chi connectivity index (χ4v) is 1.69. The molecule has 1 aromatic rings. The molecule has 0 bridgehead atoms. The lowest BCUT2D eigenvalue weighted by Crippen LogP contribution is -2.13. The molecular weight excluding hydrogens is 285 g/mol. The Labute approximate surface area is 90.4 Å². The molecule has 0 N–H and O–H groups in total. The van der Waals surface area contributed by atoms with Gasteiger partial charge < -0.3 is 0 Å². The van der Waals surface area contributed by atoms with Crippen molar-refractivity contribution < 1.29 is 22.0 Å². The number of aromatic nitrogens is 1. The van der Waals surface area contributed by atoms with Crippen LogP contribution in [-0.2, 0) is 6.18 Å². The Morgan fingerprint density at radius 3 is 2.20 bits per heavy atom. The van der Waals surface area contributed by atoms with Gasteiger partial charge in [-0.15, -0.1) is 0 Å². The van der Waals surface area contributed by atoms with Crippen LogP contribution in [0, 0.1) is 6.92 Å². The summed E-state index contributed by atoms with van der Waals surface area (Å²) < 4.78 is 61.8. The largest absolute Gasteiger partial charge is 0.418 e. The normalized spacial score (nSPS) is 12.3. The second-order valence-electron chi connectivity index (χ2n) is 2.78. The van der Waals surface area contributed by atoms with Crippen LogP contribution in [0.1, 0.15) is 23.2 Å². The molecule has 1 rings (SSSR count). The van der Waals surface area contributed by atoms with E-state index in [1.54, 1.807) is 0 Å². The van der Waals surface area contributed by atoms with Crippen LogP contribution in [0.5, 0.6) is 0 Å². The van der Waals surface area contributed by atoms with Crippen molar-refractivity contribution in [2.24, 2.45) is 0 Å². The number of nitrogens with zero attached hydrogens (tertiary/aromatic N) is 1. The molecule has 0 aliphatic rings. The molecule has 0 aliphatic heterocycles. The minimum absolute atomic E-state index is 0.319. The van der Waals surface area contributed by atoms with Gasteiger partial charge in [0.05, 0.1) is 11.1 Å². The van der Waals surface area contributed by atoms with Crippen molar-refractivity contribution in [3.63, 3.8) is 0 Å². The Kier molecular flexibility index (Phi) is 3.32. The highest BCUT2D eigenvalue weighted by Gasteiger charge is 2.39. The highest BCUT2D eigenvalue weighted by Crippen LogP contribution is 2.41. The molecule has 0 amide bonds. The Morgan fingerprint density at radius 2 is 1.87 bits per heavy atom. The minimum Gasteiger partial charge on any atom is -0.260 e. The van der Waals surface area contributed by atoms with Gasteiger partial charge in [0.2, 0.25) is 0 Å². The summed E-state index contributed by atoms with van der Waals surface area (Å²) in [5.41, 5.74) is -2.75. The molecule has 1 heterocycles. The van der Waals surface area contributed by atoms with E-state index >= 15 is 0 Å². The number of rotatable bonds is 1. The van der Waals surface area contributed by atoms with E-state index in [-0.39, 0.29) is 5.69 Å². The SMILES string of the molecule is Cc1ncc(Br)c(C(F)(F)F)c1C(F)F. The van der Waals surface area contributed by atoms with Crippen LogP contribution in [0.2, 0.25) is 0 Å². The highest BCUT2D eigenvalue weighted by atomic mass is 79.9. The summed E-state index contributed by atoms with van der Waals surface area (Å²) in [5, 5.41) is 0. The predicted octanol–water partition coefficient (Wildman–Crippen LogP) is 4.11. The maximum absolute atomic E-state index is 12.5. The van der Waals surface area contributed by atoms with Gasteiger partial charge in [-0.1, -0.05) is 0 Å². The maximum atomic E-state index is 12.5. The van der Waals surface area contributed by atoms with Gasteiger partial charge in [-0.05, 0) is 22.9 Å². The molecule has 0 atom stereocenters. The average Bonchev–Trinajstić information content (AvgIpc) is 2.05. The Balaban J connectivity index is 3.53. The van der Waals surface area contributed by atoms with Gasteiger partial charge in [0.25, 0.3) is 6.43 Å². The fourth-order valence-electron chi connectivity index (χ4n) is 1.15. The molecule has 84 valence electrons. The third-order valence-electron chi connectivity index (χ3n) is 1.77. The molecular formula is C8H5BrF5N. The Hall–Kier alpha value is -0.720. The predicted molar refractivity (Wildman–Crippen MR) is 46.6 cm³/mol. The van der Waals surface area contributed by atoms with Crippen molar-refractivity contribution in [3.8, 4) is 0 Å². The van der Waals surface area contributed by atoms with Crippen LogP contribution in [0.25, 0.3) is 0 Å². The van der Waals surface area contributed by atoms with E-state index in [4.69, 9.17) is 0 Å². The third-order valence-corrected chi connectivity index (χ3v) is 2.37. The second-order valence-corrected chi connectivity index (χ2v) is 3.63. The summed E-state index contributed by atoms with van der Waals surface area (Å²) in [6.07, 6.45) is -7.16. The van der Waals surface area contributed by atoms with Gasteiger partial charge in [0, 0.05) is 16.4 Å². The van der Waals surface area contributed by atoms with Gasteiger partial charge in [-0.3, -0.25) is 4.98 Å². The molecule has 15 heavy (non-hydrogen) atoms. The lowest BCUT2D eigenvalue weighted by molar-refractivity contribution is -0.140. The van der Waals surface area contributed by atoms with Crippen molar-refractivity contribution in [1.29, 1.82) is 0 Å². The highest BCUT2D eigenvalue weighted by molar-refractivity contribution is 9.10. The van der Waals surface area contributed by atoms with Crippen LogP contribution < -0.4 is 0 Å². The van der Waals surface area contributed by atoms with Crippen molar-refractivity contribution in [3.05, 3.63) is 27.5 Å². The van der Waals surface area contributed by atoms with Crippen molar-refractivity contribution in [2.75, 3.05) is 0 Å².